The van der Waals surface area contributed by atoms with Gasteiger partial charge in [0.05, 0.1) is 17.8 Å². The van der Waals surface area contributed by atoms with Gasteiger partial charge in [-0.25, -0.2) is 4.68 Å². The van der Waals surface area contributed by atoms with Crippen molar-refractivity contribution in [3.8, 4) is 5.69 Å². The molecule has 0 saturated carbocycles. The van der Waals surface area contributed by atoms with E-state index in [9.17, 15) is 27.6 Å². The second-order valence-electron chi connectivity index (χ2n) is 6.73. The molecule has 2 aromatic rings. The van der Waals surface area contributed by atoms with Gasteiger partial charge in [0.2, 0.25) is 11.3 Å². The molecule has 1 aromatic carbocycles. The first-order valence-electron chi connectivity index (χ1n) is 9.01. The van der Waals surface area contributed by atoms with Crippen LogP contribution in [-0.2, 0) is 11.0 Å². The third kappa shape index (κ3) is 4.64. The molecule has 0 bridgehead atoms. The van der Waals surface area contributed by atoms with E-state index in [1.165, 1.54) is 19.1 Å². The summed E-state index contributed by atoms with van der Waals surface area (Å²) in [6.45, 7) is 2.46. The maximum absolute atomic E-state index is 13.0. The summed E-state index contributed by atoms with van der Waals surface area (Å²) in [4.78, 5) is 38.2. The van der Waals surface area contributed by atoms with E-state index in [0.717, 1.165) is 35.7 Å². The number of rotatable bonds is 4. The molecule has 1 aliphatic rings. The highest BCUT2D eigenvalue weighted by Gasteiger charge is 2.30. The van der Waals surface area contributed by atoms with Gasteiger partial charge in [-0.15, -0.1) is 0 Å². The normalized spacial score (nSPS) is 14.1. The SMILES string of the molecule is Cc1cc(=O)c(C(=O)NCC(=O)N2CCCC2)nn1-c1cccc(C(F)(F)F)c1. The van der Waals surface area contributed by atoms with Gasteiger partial charge in [0.1, 0.15) is 0 Å². The largest absolute Gasteiger partial charge is 0.416 e. The molecule has 29 heavy (non-hydrogen) atoms. The molecule has 0 spiro atoms. The lowest BCUT2D eigenvalue weighted by molar-refractivity contribution is -0.137. The predicted octanol–water partition coefficient (Wildman–Crippen LogP) is 1.91. The zero-order valence-electron chi connectivity index (χ0n) is 15.6. The molecule has 0 unspecified atom stereocenters. The monoisotopic (exact) mass is 408 g/mol. The van der Waals surface area contributed by atoms with Crippen LogP contribution in [0.2, 0.25) is 0 Å². The molecular formula is C19H19F3N4O3. The van der Waals surface area contributed by atoms with E-state index >= 15 is 0 Å². The van der Waals surface area contributed by atoms with Gasteiger partial charge in [0, 0.05) is 24.8 Å². The van der Waals surface area contributed by atoms with Gasteiger partial charge in [-0.2, -0.15) is 18.3 Å². The minimum Gasteiger partial charge on any atom is -0.341 e. The van der Waals surface area contributed by atoms with Crippen molar-refractivity contribution in [3.63, 3.8) is 0 Å². The highest BCUT2D eigenvalue weighted by Crippen LogP contribution is 2.30. The molecular weight excluding hydrogens is 389 g/mol. The van der Waals surface area contributed by atoms with E-state index < -0.39 is 28.8 Å². The minimum atomic E-state index is -4.54. The number of aromatic nitrogens is 2. The van der Waals surface area contributed by atoms with Gasteiger partial charge >= 0.3 is 6.18 Å². The van der Waals surface area contributed by atoms with E-state index in [4.69, 9.17) is 0 Å². The Morgan fingerprint density at radius 3 is 2.52 bits per heavy atom. The molecule has 1 saturated heterocycles. The van der Waals surface area contributed by atoms with Crippen LogP contribution in [0.4, 0.5) is 13.2 Å². The maximum Gasteiger partial charge on any atom is 0.416 e. The first-order chi connectivity index (χ1) is 13.7. The predicted molar refractivity (Wildman–Crippen MR) is 97.7 cm³/mol. The second kappa shape index (κ2) is 8.06. The van der Waals surface area contributed by atoms with Gasteiger partial charge in [-0.05, 0) is 38.0 Å². The number of benzene rings is 1. The van der Waals surface area contributed by atoms with Crippen LogP contribution in [0.15, 0.2) is 35.1 Å². The topological polar surface area (TPSA) is 84.3 Å². The Hall–Kier alpha value is -3.17. The Kier molecular flexibility index (Phi) is 5.71. The maximum atomic E-state index is 13.0. The molecule has 3 rings (SSSR count). The number of nitrogens with one attached hydrogen (secondary N) is 1. The Balaban J connectivity index is 1.85. The highest BCUT2D eigenvalue weighted by molar-refractivity contribution is 5.94. The van der Waals surface area contributed by atoms with Crippen LogP contribution in [0.25, 0.3) is 5.69 Å². The number of carbonyl (C=O) groups is 2. The number of likely N-dealkylation sites (tertiary alicyclic amines) is 1. The number of nitrogens with zero attached hydrogens (tertiary/aromatic N) is 3. The third-order valence-corrected chi connectivity index (χ3v) is 4.60. The number of alkyl halides is 3. The molecule has 1 N–H and O–H groups in total. The first kappa shape index (κ1) is 20.6. The molecule has 154 valence electrons. The van der Waals surface area contributed by atoms with Crippen LogP contribution < -0.4 is 10.7 Å². The molecule has 1 aliphatic heterocycles. The van der Waals surface area contributed by atoms with Gasteiger partial charge in [0.25, 0.3) is 5.91 Å². The average molecular weight is 408 g/mol. The number of amides is 2. The number of carbonyl (C=O) groups excluding carboxylic acids is 2. The standard InChI is InChI=1S/C19H19F3N4O3/c1-12-9-15(27)17(18(29)23-11-16(28)25-7-2-3-8-25)24-26(12)14-6-4-5-13(10-14)19(20,21)22/h4-6,9-10H,2-3,7-8,11H2,1H3,(H,23,29). The van der Waals surface area contributed by atoms with Gasteiger partial charge < -0.3 is 10.2 Å². The lowest BCUT2D eigenvalue weighted by Crippen LogP contribution is -2.40. The number of halogens is 3. The van der Waals surface area contributed by atoms with Gasteiger partial charge in [-0.3, -0.25) is 14.4 Å². The molecule has 1 aromatic heterocycles. The van der Waals surface area contributed by atoms with Crippen molar-refractivity contribution >= 4 is 11.8 Å². The van der Waals surface area contributed by atoms with E-state index in [1.54, 1.807) is 4.90 Å². The van der Waals surface area contributed by atoms with Crippen LogP contribution in [0, 0.1) is 6.92 Å². The summed E-state index contributed by atoms with van der Waals surface area (Å²) in [6.07, 6.45) is -2.74. The van der Waals surface area contributed by atoms with E-state index in [2.05, 4.69) is 10.4 Å². The van der Waals surface area contributed by atoms with Crippen LogP contribution in [0.1, 0.15) is 34.6 Å². The zero-order chi connectivity index (χ0) is 21.2. The zero-order valence-corrected chi connectivity index (χ0v) is 15.6. The number of hydrogen-bond acceptors (Lipinski definition) is 4. The van der Waals surface area contributed by atoms with E-state index in [1.807, 2.05) is 0 Å². The molecule has 0 aliphatic carbocycles. The second-order valence-corrected chi connectivity index (χ2v) is 6.73. The molecule has 7 nitrogen and oxygen atoms in total. The van der Waals surface area contributed by atoms with Crippen LogP contribution in [0.3, 0.4) is 0 Å². The fourth-order valence-electron chi connectivity index (χ4n) is 3.10. The molecule has 2 heterocycles. The molecule has 0 atom stereocenters. The summed E-state index contributed by atoms with van der Waals surface area (Å²) in [5.74, 6) is -1.12. The van der Waals surface area contributed by atoms with Crippen LogP contribution >= 0.6 is 0 Å². The summed E-state index contributed by atoms with van der Waals surface area (Å²) < 4.78 is 40.0. The summed E-state index contributed by atoms with van der Waals surface area (Å²) in [5, 5.41) is 6.30. The number of hydrogen-bond donors (Lipinski definition) is 1. The summed E-state index contributed by atoms with van der Waals surface area (Å²) >= 11 is 0. The van der Waals surface area contributed by atoms with Crippen LogP contribution in [0.5, 0.6) is 0 Å². The fraction of sp³-hybridized carbons (Fsp3) is 0.368. The van der Waals surface area contributed by atoms with Crippen molar-refractivity contribution in [1.82, 2.24) is 20.0 Å². The third-order valence-electron chi connectivity index (χ3n) is 4.60. The minimum absolute atomic E-state index is 0.0551. The lowest BCUT2D eigenvalue weighted by Gasteiger charge is -2.16. The van der Waals surface area contributed by atoms with Crippen LogP contribution in [-0.4, -0.2) is 46.1 Å². The average Bonchev–Trinajstić information content (AvgIpc) is 3.20. The summed E-state index contributed by atoms with van der Waals surface area (Å²) in [5.41, 5.74) is -1.74. The Morgan fingerprint density at radius 1 is 1.17 bits per heavy atom. The quantitative estimate of drug-likeness (QED) is 0.838. The smallest absolute Gasteiger partial charge is 0.341 e. The molecule has 0 radical (unpaired) electrons. The summed E-state index contributed by atoms with van der Waals surface area (Å²) in [7, 11) is 0. The fourth-order valence-corrected chi connectivity index (χ4v) is 3.10. The Bertz CT molecular complexity index is 995. The van der Waals surface area contributed by atoms with Gasteiger partial charge in [0.15, 0.2) is 5.69 Å². The molecule has 1 fully saturated rings. The van der Waals surface area contributed by atoms with E-state index in [0.29, 0.717) is 13.1 Å². The highest BCUT2D eigenvalue weighted by atomic mass is 19.4. The molecule has 10 heteroatoms. The van der Waals surface area contributed by atoms with E-state index in [-0.39, 0.29) is 23.8 Å². The lowest BCUT2D eigenvalue weighted by atomic mass is 10.2. The van der Waals surface area contributed by atoms with Crippen molar-refractivity contribution in [2.24, 2.45) is 0 Å². The van der Waals surface area contributed by atoms with Crippen molar-refractivity contribution in [3.05, 3.63) is 57.5 Å². The first-order valence-corrected chi connectivity index (χ1v) is 9.01. The van der Waals surface area contributed by atoms with Crippen molar-refractivity contribution in [1.29, 1.82) is 0 Å². The number of aryl methyl sites for hydroxylation is 1. The Labute approximate surface area is 164 Å². The molecule has 2 amide bonds. The van der Waals surface area contributed by atoms with Crippen molar-refractivity contribution in [2.45, 2.75) is 25.9 Å². The Morgan fingerprint density at radius 2 is 1.86 bits per heavy atom. The van der Waals surface area contributed by atoms with Gasteiger partial charge in [-0.1, -0.05) is 6.07 Å². The summed E-state index contributed by atoms with van der Waals surface area (Å²) in [6, 6.07) is 5.51. The van der Waals surface area contributed by atoms with Crippen molar-refractivity contribution in [2.75, 3.05) is 19.6 Å². The van der Waals surface area contributed by atoms with Crippen molar-refractivity contribution < 1.29 is 22.8 Å².